The third-order valence-electron chi connectivity index (χ3n) is 11.6. The van der Waals surface area contributed by atoms with E-state index in [0.29, 0.717) is 12.8 Å². The highest BCUT2D eigenvalue weighted by Crippen LogP contribution is 2.15. The fourth-order valence-corrected chi connectivity index (χ4v) is 7.45. The summed E-state index contributed by atoms with van der Waals surface area (Å²) in [5.41, 5.74) is 0. The number of hydrogen-bond acceptors (Lipinski definition) is 6. The lowest BCUT2D eigenvalue weighted by atomic mass is 10.0. The molecule has 0 spiro atoms. The van der Waals surface area contributed by atoms with Crippen molar-refractivity contribution in [3.8, 4) is 0 Å². The van der Waals surface area contributed by atoms with E-state index < -0.39 is 12.1 Å². The maximum absolute atomic E-state index is 12.7. The van der Waals surface area contributed by atoms with Gasteiger partial charge in [0.05, 0.1) is 6.42 Å². The molecule has 0 aliphatic rings. The molecule has 0 amide bonds. The summed E-state index contributed by atoms with van der Waals surface area (Å²) in [6, 6.07) is 0. The van der Waals surface area contributed by atoms with Gasteiger partial charge < -0.3 is 14.2 Å². The van der Waals surface area contributed by atoms with E-state index in [9.17, 15) is 14.4 Å². The molecule has 0 fully saturated rings. The van der Waals surface area contributed by atoms with Crippen LogP contribution >= 0.6 is 0 Å². The highest BCUT2D eigenvalue weighted by molar-refractivity contribution is 5.72. The van der Waals surface area contributed by atoms with Crippen LogP contribution in [-0.2, 0) is 28.6 Å². The van der Waals surface area contributed by atoms with Crippen molar-refractivity contribution < 1.29 is 28.6 Å². The van der Waals surface area contributed by atoms with Crippen LogP contribution in [0.25, 0.3) is 0 Å². The summed E-state index contributed by atoms with van der Waals surface area (Å²) in [6.45, 7) is 6.31. The highest BCUT2D eigenvalue weighted by atomic mass is 16.6. The molecule has 68 heavy (non-hydrogen) atoms. The Labute approximate surface area is 419 Å². The molecule has 0 aromatic carbocycles. The molecule has 0 bridgehead atoms. The fourth-order valence-electron chi connectivity index (χ4n) is 7.45. The van der Waals surface area contributed by atoms with Crippen molar-refractivity contribution in [3.05, 3.63) is 109 Å². The number of hydrogen-bond donors (Lipinski definition) is 0. The smallest absolute Gasteiger partial charge is 0.310 e. The van der Waals surface area contributed by atoms with Crippen molar-refractivity contribution in [2.75, 3.05) is 13.2 Å². The van der Waals surface area contributed by atoms with Crippen molar-refractivity contribution in [1.29, 1.82) is 0 Å². The predicted molar refractivity (Wildman–Crippen MR) is 293 cm³/mol. The van der Waals surface area contributed by atoms with Crippen LogP contribution in [0.1, 0.15) is 245 Å². The van der Waals surface area contributed by atoms with Gasteiger partial charge in [-0.05, 0) is 83.5 Å². The van der Waals surface area contributed by atoms with E-state index in [1.807, 2.05) is 6.08 Å². The lowest BCUT2D eigenvalue weighted by Crippen LogP contribution is -2.30. The van der Waals surface area contributed by atoms with Gasteiger partial charge in [-0.2, -0.15) is 0 Å². The quantitative estimate of drug-likeness (QED) is 0.0262. The van der Waals surface area contributed by atoms with Crippen LogP contribution in [0.3, 0.4) is 0 Å². The Morgan fingerprint density at radius 3 is 0.971 bits per heavy atom. The van der Waals surface area contributed by atoms with Gasteiger partial charge in [-0.1, -0.05) is 252 Å². The van der Waals surface area contributed by atoms with Crippen LogP contribution in [0.5, 0.6) is 0 Å². The fraction of sp³-hybridized carbons (Fsp3) is 0.661. The third kappa shape index (κ3) is 53.0. The topological polar surface area (TPSA) is 78.9 Å². The molecule has 6 heteroatoms. The van der Waals surface area contributed by atoms with Gasteiger partial charge in [0, 0.05) is 12.8 Å². The molecule has 1 atom stereocenters. The zero-order valence-corrected chi connectivity index (χ0v) is 44.1. The maximum atomic E-state index is 12.7. The Hall–Kier alpha value is -3.93. The molecule has 0 aliphatic heterocycles. The van der Waals surface area contributed by atoms with Gasteiger partial charge in [0.2, 0.25) is 0 Å². The number of carbonyl (C=O) groups is 3. The standard InChI is InChI=1S/C62H102O6/c1-4-7-10-13-16-19-22-24-26-27-28-29-30-31-32-33-34-35-37-38-40-43-46-49-52-55-61(64)67-58-59(57-66-60(63)54-51-48-45-42-21-18-15-12-9-6-3)68-62(65)56-53-50-47-44-41-39-36-25-23-20-17-14-11-8-5-2/h7-8,10-11,16-17,19-20,24-26,28-29,36,41,44,50,53,59H,4-6,9,12-15,18,21-23,27,30-35,37-40,42-43,45-49,51-52,54-58H2,1-3H3/b10-7-,11-8-,19-16-,20-17-,26-24-,29-28-,36-25-,44-41-,53-50-. The largest absolute Gasteiger partial charge is 0.462 e. The molecule has 1 unspecified atom stereocenters. The zero-order valence-electron chi connectivity index (χ0n) is 44.1. The van der Waals surface area contributed by atoms with E-state index in [2.05, 4.69) is 118 Å². The molecular formula is C62H102O6. The lowest BCUT2D eigenvalue weighted by Gasteiger charge is -2.18. The van der Waals surface area contributed by atoms with Crippen LogP contribution < -0.4 is 0 Å². The van der Waals surface area contributed by atoms with Gasteiger partial charge in [0.25, 0.3) is 0 Å². The third-order valence-corrected chi connectivity index (χ3v) is 11.6. The molecule has 0 saturated heterocycles. The van der Waals surface area contributed by atoms with Crippen LogP contribution in [0.2, 0.25) is 0 Å². The molecular weight excluding hydrogens is 841 g/mol. The second kappa shape index (κ2) is 55.7. The second-order valence-electron chi connectivity index (χ2n) is 18.1. The van der Waals surface area contributed by atoms with E-state index in [-0.39, 0.29) is 31.6 Å². The highest BCUT2D eigenvalue weighted by Gasteiger charge is 2.19. The summed E-state index contributed by atoms with van der Waals surface area (Å²) in [6.07, 6.45) is 75.4. The average molecular weight is 943 g/mol. The molecule has 0 aromatic rings. The first-order valence-electron chi connectivity index (χ1n) is 27.9. The summed E-state index contributed by atoms with van der Waals surface area (Å²) in [5.74, 6) is -1.05. The van der Waals surface area contributed by atoms with Crippen molar-refractivity contribution in [3.63, 3.8) is 0 Å². The molecule has 0 heterocycles. The summed E-state index contributed by atoms with van der Waals surface area (Å²) < 4.78 is 16.7. The number of rotatable bonds is 49. The average Bonchev–Trinajstić information content (AvgIpc) is 3.34. The van der Waals surface area contributed by atoms with Gasteiger partial charge in [-0.25, -0.2) is 0 Å². The number of carbonyl (C=O) groups excluding carboxylic acids is 3. The first-order chi connectivity index (χ1) is 33.5. The van der Waals surface area contributed by atoms with Crippen molar-refractivity contribution in [2.24, 2.45) is 0 Å². The Kier molecular flexibility index (Phi) is 52.4. The van der Waals surface area contributed by atoms with Crippen LogP contribution in [0.15, 0.2) is 109 Å². The van der Waals surface area contributed by atoms with Gasteiger partial charge >= 0.3 is 17.9 Å². The van der Waals surface area contributed by atoms with E-state index in [4.69, 9.17) is 14.2 Å². The molecule has 386 valence electrons. The molecule has 0 rings (SSSR count). The Morgan fingerprint density at radius 1 is 0.324 bits per heavy atom. The van der Waals surface area contributed by atoms with E-state index in [0.717, 1.165) is 96.3 Å². The van der Waals surface area contributed by atoms with Crippen molar-refractivity contribution >= 4 is 17.9 Å². The monoisotopic (exact) mass is 943 g/mol. The molecule has 0 saturated carbocycles. The first-order valence-corrected chi connectivity index (χ1v) is 27.9. The molecule has 0 aromatic heterocycles. The van der Waals surface area contributed by atoms with Gasteiger partial charge in [0.15, 0.2) is 6.10 Å². The summed E-state index contributed by atoms with van der Waals surface area (Å²) >= 11 is 0. The van der Waals surface area contributed by atoms with E-state index >= 15 is 0 Å². The van der Waals surface area contributed by atoms with Crippen LogP contribution in [0.4, 0.5) is 0 Å². The van der Waals surface area contributed by atoms with Crippen LogP contribution in [0, 0.1) is 0 Å². The van der Waals surface area contributed by atoms with Crippen molar-refractivity contribution in [2.45, 2.75) is 252 Å². The summed E-state index contributed by atoms with van der Waals surface area (Å²) in [5, 5.41) is 0. The van der Waals surface area contributed by atoms with Gasteiger partial charge in [-0.3, -0.25) is 14.4 Å². The molecule has 0 N–H and O–H groups in total. The number of unbranched alkanes of at least 4 members (excludes halogenated alkanes) is 21. The number of esters is 3. The maximum Gasteiger partial charge on any atom is 0.310 e. The Morgan fingerprint density at radius 2 is 0.618 bits per heavy atom. The summed E-state index contributed by atoms with van der Waals surface area (Å²) in [7, 11) is 0. The van der Waals surface area contributed by atoms with Gasteiger partial charge in [-0.15, -0.1) is 0 Å². The molecule has 0 radical (unpaired) electrons. The molecule has 6 nitrogen and oxygen atoms in total. The van der Waals surface area contributed by atoms with Crippen molar-refractivity contribution in [1.82, 2.24) is 0 Å². The minimum absolute atomic E-state index is 0.0955. The van der Waals surface area contributed by atoms with E-state index in [1.165, 1.54) is 109 Å². The molecule has 0 aliphatic carbocycles. The van der Waals surface area contributed by atoms with E-state index in [1.54, 1.807) is 6.08 Å². The minimum Gasteiger partial charge on any atom is -0.462 e. The Balaban J connectivity index is 4.34. The zero-order chi connectivity index (χ0) is 49.3. The van der Waals surface area contributed by atoms with Crippen LogP contribution in [-0.4, -0.2) is 37.2 Å². The minimum atomic E-state index is -0.832. The normalized spacial score (nSPS) is 12.9. The lowest BCUT2D eigenvalue weighted by molar-refractivity contribution is -0.166. The SMILES string of the molecule is CC/C=C\C/C=C\C/C=C\C/C=C\C/C=C\CC(=O)OC(COC(=O)CCCCCCCCCCCC)COC(=O)CCCCCCCCCCCCCC/C=C\C/C=C\C/C=C\C/C=C\CC. The van der Waals surface area contributed by atoms with Gasteiger partial charge in [0.1, 0.15) is 13.2 Å². The Bertz CT molecular complexity index is 1410. The predicted octanol–water partition coefficient (Wildman–Crippen LogP) is 18.7. The number of allylic oxidation sites excluding steroid dienone is 17. The second-order valence-corrected chi connectivity index (χ2v) is 18.1. The number of ether oxygens (including phenoxy) is 3. The first kappa shape index (κ1) is 64.1. The summed E-state index contributed by atoms with van der Waals surface area (Å²) in [4.78, 5) is 37.9.